The fraction of sp³-hybridized carbons (Fsp3) is 0.750. The zero-order chi connectivity index (χ0) is 13.4. The molecule has 2 nitrogen and oxygen atoms in total. The minimum absolute atomic E-state index is 0.0246. The molecular formula is C16H28O2. The van der Waals surface area contributed by atoms with E-state index in [2.05, 4.69) is 39.8 Å². The Morgan fingerprint density at radius 1 is 1.33 bits per heavy atom. The number of rotatable bonds is 5. The standard InChI is InChI=1S/C16H28O2/c1-5-6-7-8-9-10-14-11-12-17-15(18-13-14)16(2,3)4/h9-10,13,15H,5-8,11-12H2,1-4H3. The van der Waals surface area contributed by atoms with Gasteiger partial charge in [0.15, 0.2) is 0 Å². The number of allylic oxidation sites excluding steroid dienone is 2. The Hall–Kier alpha value is -0.760. The van der Waals surface area contributed by atoms with Gasteiger partial charge in [0, 0.05) is 5.41 Å². The maximum absolute atomic E-state index is 5.73. The normalized spacial score (nSPS) is 21.6. The molecule has 0 aliphatic carbocycles. The van der Waals surface area contributed by atoms with Crippen LogP contribution in [-0.4, -0.2) is 12.9 Å². The van der Waals surface area contributed by atoms with Gasteiger partial charge in [0.05, 0.1) is 12.9 Å². The molecule has 0 spiro atoms. The summed E-state index contributed by atoms with van der Waals surface area (Å²) in [7, 11) is 0. The third-order valence-electron chi connectivity index (χ3n) is 3.02. The van der Waals surface area contributed by atoms with E-state index in [1.807, 2.05) is 6.26 Å². The molecule has 0 aromatic carbocycles. The maximum Gasteiger partial charge on any atom is 0.203 e. The molecule has 18 heavy (non-hydrogen) atoms. The van der Waals surface area contributed by atoms with Gasteiger partial charge >= 0.3 is 0 Å². The van der Waals surface area contributed by atoms with Gasteiger partial charge in [0.2, 0.25) is 6.29 Å². The van der Waals surface area contributed by atoms with Crippen molar-refractivity contribution in [3.8, 4) is 0 Å². The highest BCUT2D eigenvalue weighted by Crippen LogP contribution is 2.26. The molecule has 0 aromatic heterocycles. The molecule has 0 fully saturated rings. The Kier molecular flexibility index (Phi) is 6.48. The first-order valence-electron chi connectivity index (χ1n) is 7.16. The molecule has 1 heterocycles. The molecule has 104 valence electrons. The largest absolute Gasteiger partial charge is 0.472 e. The zero-order valence-corrected chi connectivity index (χ0v) is 12.4. The van der Waals surface area contributed by atoms with E-state index < -0.39 is 0 Å². The third kappa shape index (κ3) is 5.72. The van der Waals surface area contributed by atoms with Crippen molar-refractivity contribution in [3.05, 3.63) is 24.0 Å². The lowest BCUT2D eigenvalue weighted by molar-refractivity contribution is -0.158. The van der Waals surface area contributed by atoms with Gasteiger partial charge in [-0.15, -0.1) is 0 Å². The predicted octanol–water partition coefficient (Wildman–Crippen LogP) is 4.82. The van der Waals surface area contributed by atoms with Crippen molar-refractivity contribution in [1.82, 2.24) is 0 Å². The summed E-state index contributed by atoms with van der Waals surface area (Å²) in [4.78, 5) is 0. The summed E-state index contributed by atoms with van der Waals surface area (Å²) >= 11 is 0. The molecule has 0 radical (unpaired) electrons. The van der Waals surface area contributed by atoms with Crippen LogP contribution >= 0.6 is 0 Å². The summed E-state index contributed by atoms with van der Waals surface area (Å²) in [5.41, 5.74) is 1.26. The Balaban J connectivity index is 2.40. The van der Waals surface area contributed by atoms with Crippen molar-refractivity contribution >= 4 is 0 Å². The molecule has 0 bridgehead atoms. The highest BCUT2D eigenvalue weighted by Gasteiger charge is 2.27. The lowest BCUT2D eigenvalue weighted by atomic mass is 9.96. The van der Waals surface area contributed by atoms with E-state index in [0.29, 0.717) is 0 Å². The third-order valence-corrected chi connectivity index (χ3v) is 3.02. The van der Waals surface area contributed by atoms with E-state index in [0.717, 1.165) is 19.4 Å². The first-order chi connectivity index (χ1) is 8.54. The van der Waals surface area contributed by atoms with Crippen molar-refractivity contribution in [2.24, 2.45) is 5.41 Å². The second-order valence-electron chi connectivity index (χ2n) is 6.05. The number of unbranched alkanes of at least 4 members (excludes halogenated alkanes) is 3. The van der Waals surface area contributed by atoms with E-state index in [1.165, 1.54) is 24.8 Å². The number of ether oxygens (including phenoxy) is 2. The van der Waals surface area contributed by atoms with Gasteiger partial charge in [-0.3, -0.25) is 0 Å². The SMILES string of the molecule is CCCCCC=CC1=COC(C(C)(C)C)OCC1. The van der Waals surface area contributed by atoms with Gasteiger partial charge < -0.3 is 9.47 Å². The van der Waals surface area contributed by atoms with E-state index >= 15 is 0 Å². The van der Waals surface area contributed by atoms with Gasteiger partial charge in [-0.2, -0.15) is 0 Å². The topological polar surface area (TPSA) is 18.5 Å². The second kappa shape index (κ2) is 7.63. The van der Waals surface area contributed by atoms with Gasteiger partial charge in [-0.05, 0) is 24.8 Å². The quantitative estimate of drug-likeness (QED) is 0.653. The molecule has 0 amide bonds. The minimum Gasteiger partial charge on any atom is -0.472 e. The molecule has 0 aromatic rings. The molecule has 1 unspecified atom stereocenters. The number of hydrogen-bond donors (Lipinski definition) is 0. The minimum atomic E-state index is -0.136. The highest BCUT2D eigenvalue weighted by molar-refractivity contribution is 5.17. The summed E-state index contributed by atoms with van der Waals surface area (Å²) in [6.45, 7) is 9.38. The van der Waals surface area contributed by atoms with Crippen molar-refractivity contribution < 1.29 is 9.47 Å². The van der Waals surface area contributed by atoms with Crippen molar-refractivity contribution in [3.63, 3.8) is 0 Å². The van der Waals surface area contributed by atoms with Crippen LogP contribution in [0.2, 0.25) is 0 Å². The Bertz CT molecular complexity index is 284. The van der Waals surface area contributed by atoms with Gasteiger partial charge in [0.1, 0.15) is 0 Å². The summed E-state index contributed by atoms with van der Waals surface area (Å²) in [6.07, 6.45) is 12.2. The monoisotopic (exact) mass is 252 g/mol. The van der Waals surface area contributed by atoms with E-state index in [1.54, 1.807) is 0 Å². The van der Waals surface area contributed by atoms with Crippen molar-refractivity contribution in [2.45, 2.75) is 66.1 Å². The summed E-state index contributed by atoms with van der Waals surface area (Å²) in [5.74, 6) is 0. The van der Waals surface area contributed by atoms with Crippen LogP contribution in [0.5, 0.6) is 0 Å². The molecular weight excluding hydrogens is 224 g/mol. The fourth-order valence-corrected chi connectivity index (χ4v) is 1.85. The second-order valence-corrected chi connectivity index (χ2v) is 6.05. The average Bonchev–Trinajstić information content (AvgIpc) is 2.53. The molecule has 0 N–H and O–H groups in total. The molecule has 1 aliphatic heterocycles. The lowest BCUT2D eigenvalue weighted by Crippen LogP contribution is -2.30. The van der Waals surface area contributed by atoms with Crippen LogP contribution in [0.4, 0.5) is 0 Å². The van der Waals surface area contributed by atoms with Crippen LogP contribution in [0.25, 0.3) is 0 Å². The fourth-order valence-electron chi connectivity index (χ4n) is 1.85. The molecule has 1 atom stereocenters. The van der Waals surface area contributed by atoms with Crippen LogP contribution in [0.3, 0.4) is 0 Å². The van der Waals surface area contributed by atoms with Gasteiger partial charge in [-0.25, -0.2) is 0 Å². The van der Waals surface area contributed by atoms with Gasteiger partial charge in [0.25, 0.3) is 0 Å². The van der Waals surface area contributed by atoms with Crippen LogP contribution < -0.4 is 0 Å². The summed E-state index contributed by atoms with van der Waals surface area (Å²) < 4.78 is 11.5. The average molecular weight is 252 g/mol. The Morgan fingerprint density at radius 2 is 2.11 bits per heavy atom. The first-order valence-corrected chi connectivity index (χ1v) is 7.16. The van der Waals surface area contributed by atoms with E-state index in [4.69, 9.17) is 9.47 Å². The molecule has 0 saturated carbocycles. The van der Waals surface area contributed by atoms with Crippen molar-refractivity contribution in [1.29, 1.82) is 0 Å². The lowest BCUT2D eigenvalue weighted by Gasteiger charge is -2.28. The summed E-state index contributed by atoms with van der Waals surface area (Å²) in [6, 6.07) is 0. The molecule has 1 aliphatic rings. The van der Waals surface area contributed by atoms with Crippen LogP contribution in [-0.2, 0) is 9.47 Å². The number of hydrogen-bond acceptors (Lipinski definition) is 2. The first kappa shape index (κ1) is 15.3. The van der Waals surface area contributed by atoms with Crippen molar-refractivity contribution in [2.75, 3.05) is 6.61 Å². The molecule has 1 rings (SSSR count). The van der Waals surface area contributed by atoms with Crippen LogP contribution in [0, 0.1) is 5.41 Å². The Labute approximate surface area is 112 Å². The van der Waals surface area contributed by atoms with Gasteiger partial charge in [-0.1, -0.05) is 52.7 Å². The zero-order valence-electron chi connectivity index (χ0n) is 12.4. The highest BCUT2D eigenvalue weighted by atomic mass is 16.7. The summed E-state index contributed by atoms with van der Waals surface area (Å²) in [5, 5.41) is 0. The van der Waals surface area contributed by atoms with Crippen LogP contribution in [0.1, 0.15) is 59.8 Å². The molecule has 2 heteroatoms. The molecule has 0 saturated heterocycles. The maximum atomic E-state index is 5.73. The Morgan fingerprint density at radius 3 is 2.78 bits per heavy atom. The predicted molar refractivity (Wildman–Crippen MR) is 76.3 cm³/mol. The smallest absolute Gasteiger partial charge is 0.203 e. The van der Waals surface area contributed by atoms with E-state index in [9.17, 15) is 0 Å². The van der Waals surface area contributed by atoms with Crippen LogP contribution in [0.15, 0.2) is 24.0 Å². The van der Waals surface area contributed by atoms with E-state index in [-0.39, 0.29) is 11.7 Å².